The largest absolute Gasteiger partial charge is 0.489 e. The van der Waals surface area contributed by atoms with Crippen LogP contribution in [-0.2, 0) is 6.61 Å². The highest BCUT2D eigenvalue weighted by Gasteiger charge is 2.10. The molecule has 0 aromatic heterocycles. The van der Waals surface area contributed by atoms with Crippen molar-refractivity contribution in [2.75, 3.05) is 0 Å². The van der Waals surface area contributed by atoms with Crippen LogP contribution in [0.2, 0.25) is 0 Å². The van der Waals surface area contributed by atoms with Gasteiger partial charge in [0.25, 0.3) is 0 Å². The van der Waals surface area contributed by atoms with Crippen molar-refractivity contribution in [2.45, 2.75) is 32.8 Å². The molecule has 2 heteroatoms. The highest BCUT2D eigenvalue weighted by molar-refractivity contribution is 5.31. The van der Waals surface area contributed by atoms with Gasteiger partial charge in [0.1, 0.15) is 18.2 Å². The molecule has 0 fully saturated rings. The molecule has 0 aliphatic carbocycles. The van der Waals surface area contributed by atoms with Gasteiger partial charge in [-0.1, -0.05) is 50.2 Å². The Morgan fingerprint density at radius 1 is 1.11 bits per heavy atom. The lowest BCUT2D eigenvalue weighted by atomic mass is 9.98. The van der Waals surface area contributed by atoms with Gasteiger partial charge in [-0.2, -0.15) is 0 Å². The topological polar surface area (TPSA) is 9.23 Å². The maximum Gasteiger partial charge on any atom is 0.130 e. The standard InChI is InChI=1S/C17H19FO/c1-3-13(2)16-10-9-15(11-17(16)18)19-12-14-7-5-4-6-8-14/h4-11,13H,3,12H2,1-2H3/t13-/m1/s1. The van der Waals surface area contributed by atoms with Gasteiger partial charge in [-0.25, -0.2) is 4.39 Å². The van der Waals surface area contributed by atoms with Gasteiger partial charge in [-0.3, -0.25) is 0 Å². The third-order valence-corrected chi connectivity index (χ3v) is 3.36. The zero-order chi connectivity index (χ0) is 13.7. The zero-order valence-electron chi connectivity index (χ0n) is 11.4. The molecule has 0 amide bonds. The Hall–Kier alpha value is -1.83. The summed E-state index contributed by atoms with van der Waals surface area (Å²) in [5.74, 6) is 0.636. The van der Waals surface area contributed by atoms with Crippen LogP contribution >= 0.6 is 0 Å². The molecule has 2 aromatic rings. The molecule has 2 aromatic carbocycles. The van der Waals surface area contributed by atoms with Crippen LogP contribution in [-0.4, -0.2) is 0 Å². The average molecular weight is 258 g/mol. The number of ether oxygens (including phenoxy) is 1. The van der Waals surface area contributed by atoms with E-state index in [2.05, 4.69) is 6.92 Å². The van der Waals surface area contributed by atoms with Crippen LogP contribution in [0.4, 0.5) is 4.39 Å². The molecule has 0 N–H and O–H groups in total. The van der Waals surface area contributed by atoms with Crippen molar-refractivity contribution in [1.29, 1.82) is 0 Å². The lowest BCUT2D eigenvalue weighted by Crippen LogP contribution is -1.99. The summed E-state index contributed by atoms with van der Waals surface area (Å²) in [6.07, 6.45) is 0.932. The number of rotatable bonds is 5. The van der Waals surface area contributed by atoms with Crippen molar-refractivity contribution in [3.05, 3.63) is 65.5 Å². The highest BCUT2D eigenvalue weighted by atomic mass is 19.1. The number of halogens is 1. The van der Waals surface area contributed by atoms with Crippen LogP contribution in [0.5, 0.6) is 5.75 Å². The molecule has 0 aliphatic heterocycles. The summed E-state index contributed by atoms with van der Waals surface area (Å²) < 4.78 is 19.5. The van der Waals surface area contributed by atoms with E-state index in [1.165, 1.54) is 6.07 Å². The predicted molar refractivity (Wildman–Crippen MR) is 75.9 cm³/mol. The van der Waals surface area contributed by atoms with E-state index >= 15 is 0 Å². The van der Waals surface area contributed by atoms with Crippen molar-refractivity contribution in [2.24, 2.45) is 0 Å². The van der Waals surface area contributed by atoms with Crippen LogP contribution in [0.15, 0.2) is 48.5 Å². The SMILES string of the molecule is CC[C@@H](C)c1ccc(OCc2ccccc2)cc1F. The Kier molecular flexibility index (Phi) is 4.56. The molecule has 1 atom stereocenters. The summed E-state index contributed by atoms with van der Waals surface area (Å²) in [6, 6.07) is 15.0. The molecular weight excluding hydrogens is 239 g/mol. The van der Waals surface area contributed by atoms with Gasteiger partial charge in [0.05, 0.1) is 0 Å². The van der Waals surface area contributed by atoms with Crippen molar-refractivity contribution in [1.82, 2.24) is 0 Å². The molecule has 0 bridgehead atoms. The Morgan fingerprint density at radius 2 is 1.84 bits per heavy atom. The summed E-state index contributed by atoms with van der Waals surface area (Å²) in [5.41, 5.74) is 1.84. The molecule has 0 heterocycles. The summed E-state index contributed by atoms with van der Waals surface area (Å²) in [7, 11) is 0. The minimum Gasteiger partial charge on any atom is -0.489 e. The first-order valence-corrected chi connectivity index (χ1v) is 6.67. The van der Waals surface area contributed by atoms with E-state index in [1.54, 1.807) is 0 Å². The molecule has 19 heavy (non-hydrogen) atoms. The normalized spacial score (nSPS) is 12.2. The molecule has 0 radical (unpaired) electrons. The molecule has 0 saturated heterocycles. The third kappa shape index (κ3) is 3.57. The lowest BCUT2D eigenvalue weighted by Gasteiger charge is -2.12. The second-order valence-corrected chi connectivity index (χ2v) is 4.77. The van der Waals surface area contributed by atoms with Crippen LogP contribution < -0.4 is 4.74 Å². The first kappa shape index (κ1) is 13.6. The van der Waals surface area contributed by atoms with Gasteiger partial charge >= 0.3 is 0 Å². The van der Waals surface area contributed by atoms with Crippen LogP contribution in [0.3, 0.4) is 0 Å². The molecule has 0 spiro atoms. The van der Waals surface area contributed by atoms with Crippen molar-refractivity contribution in [3.8, 4) is 5.75 Å². The fraction of sp³-hybridized carbons (Fsp3) is 0.294. The molecular formula is C17H19FO. The van der Waals surface area contributed by atoms with E-state index in [-0.39, 0.29) is 11.7 Å². The van der Waals surface area contributed by atoms with Gasteiger partial charge in [0.15, 0.2) is 0 Å². The zero-order valence-corrected chi connectivity index (χ0v) is 11.4. The van der Waals surface area contributed by atoms with Crippen molar-refractivity contribution >= 4 is 0 Å². The van der Waals surface area contributed by atoms with Crippen LogP contribution in [0.25, 0.3) is 0 Å². The predicted octanol–water partition coefficient (Wildman–Crippen LogP) is 4.92. The minimum atomic E-state index is -0.181. The summed E-state index contributed by atoms with van der Waals surface area (Å²) in [4.78, 5) is 0. The summed E-state index contributed by atoms with van der Waals surface area (Å²) in [6.45, 7) is 4.55. The Labute approximate surface area is 114 Å². The average Bonchev–Trinajstić information content (AvgIpc) is 2.45. The lowest BCUT2D eigenvalue weighted by molar-refractivity contribution is 0.304. The van der Waals surface area contributed by atoms with Crippen molar-refractivity contribution in [3.63, 3.8) is 0 Å². The van der Waals surface area contributed by atoms with Gasteiger partial charge in [-0.15, -0.1) is 0 Å². The maximum absolute atomic E-state index is 13.9. The number of hydrogen-bond donors (Lipinski definition) is 0. The molecule has 0 saturated carbocycles. The fourth-order valence-electron chi connectivity index (χ4n) is 1.96. The number of benzene rings is 2. The Morgan fingerprint density at radius 3 is 2.47 bits per heavy atom. The van der Waals surface area contributed by atoms with Crippen molar-refractivity contribution < 1.29 is 9.13 Å². The maximum atomic E-state index is 13.9. The second-order valence-electron chi connectivity index (χ2n) is 4.77. The van der Waals surface area contributed by atoms with E-state index in [0.717, 1.165) is 17.5 Å². The minimum absolute atomic E-state index is 0.181. The van der Waals surface area contributed by atoms with Gasteiger partial charge < -0.3 is 4.74 Å². The Balaban J connectivity index is 2.04. The van der Waals surface area contributed by atoms with Gasteiger partial charge in [0.2, 0.25) is 0 Å². The monoisotopic (exact) mass is 258 g/mol. The summed E-state index contributed by atoms with van der Waals surface area (Å²) in [5, 5.41) is 0. The quantitative estimate of drug-likeness (QED) is 0.739. The highest BCUT2D eigenvalue weighted by Crippen LogP contribution is 2.25. The van der Waals surface area contributed by atoms with E-state index in [0.29, 0.717) is 12.4 Å². The molecule has 100 valence electrons. The van der Waals surface area contributed by atoms with Gasteiger partial charge in [-0.05, 0) is 29.5 Å². The second kappa shape index (κ2) is 6.37. The fourth-order valence-corrected chi connectivity index (χ4v) is 1.96. The van der Waals surface area contributed by atoms with E-state index in [1.807, 2.05) is 49.4 Å². The van der Waals surface area contributed by atoms with Gasteiger partial charge in [0, 0.05) is 6.07 Å². The number of hydrogen-bond acceptors (Lipinski definition) is 1. The smallest absolute Gasteiger partial charge is 0.130 e. The first-order chi connectivity index (χ1) is 9.20. The first-order valence-electron chi connectivity index (χ1n) is 6.67. The van der Waals surface area contributed by atoms with E-state index < -0.39 is 0 Å². The van der Waals surface area contributed by atoms with Crippen LogP contribution in [0, 0.1) is 5.82 Å². The van der Waals surface area contributed by atoms with E-state index in [4.69, 9.17) is 4.74 Å². The summed E-state index contributed by atoms with van der Waals surface area (Å²) >= 11 is 0. The molecule has 0 unspecified atom stereocenters. The molecule has 1 nitrogen and oxygen atoms in total. The van der Waals surface area contributed by atoms with Crippen LogP contribution in [0.1, 0.15) is 37.3 Å². The van der Waals surface area contributed by atoms with E-state index in [9.17, 15) is 4.39 Å². The Bertz CT molecular complexity index is 522. The molecule has 2 rings (SSSR count). The molecule has 0 aliphatic rings. The third-order valence-electron chi connectivity index (χ3n) is 3.36.